The van der Waals surface area contributed by atoms with Crippen LogP contribution in [-0.4, -0.2) is 0 Å². The molecule has 0 spiro atoms. The monoisotopic (exact) mass is 766 g/mol. The van der Waals surface area contributed by atoms with Crippen molar-refractivity contribution in [3.05, 3.63) is 255 Å². The molecule has 0 fully saturated rings. The highest BCUT2D eigenvalue weighted by Crippen LogP contribution is 2.51. The summed E-state index contributed by atoms with van der Waals surface area (Å²) in [5, 5.41) is 2.32. The van der Waals surface area contributed by atoms with Crippen molar-refractivity contribution in [1.82, 2.24) is 0 Å². The largest absolute Gasteiger partial charge is 0.309 e. The summed E-state index contributed by atoms with van der Waals surface area (Å²) in [6.45, 7) is 0. The molecule has 0 heterocycles. The molecule has 0 aliphatic carbocycles. The third-order valence-corrected chi connectivity index (χ3v) is 11.2. The van der Waals surface area contributed by atoms with E-state index >= 15 is 0 Å². The van der Waals surface area contributed by atoms with E-state index < -0.39 is 0 Å². The molecule has 0 radical (unpaired) electrons. The summed E-state index contributed by atoms with van der Waals surface area (Å²) < 4.78 is 0. The minimum atomic E-state index is 1.08. The first-order valence-corrected chi connectivity index (χ1v) is 20.5. The van der Waals surface area contributed by atoms with Crippen LogP contribution in [0.4, 0.5) is 34.1 Å². The number of hydrogen-bond donors (Lipinski definition) is 0. The summed E-state index contributed by atoms with van der Waals surface area (Å²) in [4.78, 5) is 4.89. The Morgan fingerprint density at radius 1 is 0.233 bits per heavy atom. The Morgan fingerprint density at radius 2 is 0.600 bits per heavy atom. The van der Waals surface area contributed by atoms with Crippen molar-refractivity contribution in [1.29, 1.82) is 0 Å². The van der Waals surface area contributed by atoms with Crippen LogP contribution in [0.15, 0.2) is 255 Å². The molecule has 0 aliphatic heterocycles. The molecule has 0 aliphatic rings. The van der Waals surface area contributed by atoms with Crippen LogP contribution in [0.3, 0.4) is 0 Å². The number of anilines is 6. The first-order chi connectivity index (χ1) is 29.8. The molecular weight excluding hydrogens is 725 g/mol. The first-order valence-electron chi connectivity index (χ1n) is 20.5. The van der Waals surface area contributed by atoms with Gasteiger partial charge in [-0.05, 0) is 87.6 Å². The zero-order valence-corrected chi connectivity index (χ0v) is 33.1. The van der Waals surface area contributed by atoms with E-state index in [-0.39, 0.29) is 0 Å². The van der Waals surface area contributed by atoms with Gasteiger partial charge in [-0.25, -0.2) is 0 Å². The van der Waals surface area contributed by atoms with Gasteiger partial charge in [0, 0.05) is 33.6 Å². The topological polar surface area (TPSA) is 6.48 Å². The number of fused-ring (bicyclic) bond motifs is 1. The predicted molar refractivity (Wildman–Crippen MR) is 255 cm³/mol. The fourth-order valence-corrected chi connectivity index (χ4v) is 8.51. The van der Waals surface area contributed by atoms with Gasteiger partial charge in [0.05, 0.1) is 22.7 Å². The van der Waals surface area contributed by atoms with E-state index in [4.69, 9.17) is 0 Å². The van der Waals surface area contributed by atoms with Crippen molar-refractivity contribution in [3.8, 4) is 44.5 Å². The fourth-order valence-electron chi connectivity index (χ4n) is 8.51. The molecule has 10 aromatic carbocycles. The molecule has 10 rings (SSSR count). The second-order valence-electron chi connectivity index (χ2n) is 14.9. The van der Waals surface area contributed by atoms with Crippen molar-refractivity contribution >= 4 is 44.9 Å². The molecule has 0 bridgehead atoms. The van der Waals surface area contributed by atoms with Crippen LogP contribution in [0.25, 0.3) is 55.3 Å². The Labute approximate surface area is 352 Å². The number of para-hydroxylation sites is 4. The Morgan fingerprint density at radius 3 is 1.07 bits per heavy atom. The predicted octanol–water partition coefficient (Wildman–Crippen LogP) is 16.4. The van der Waals surface area contributed by atoms with Crippen LogP contribution in [0.2, 0.25) is 0 Å². The second-order valence-corrected chi connectivity index (χ2v) is 14.9. The molecule has 2 heteroatoms. The molecule has 0 saturated carbocycles. The molecule has 0 unspecified atom stereocenters. The number of hydrogen-bond acceptors (Lipinski definition) is 2. The minimum Gasteiger partial charge on any atom is -0.309 e. The summed E-state index contributed by atoms with van der Waals surface area (Å²) in [6, 6.07) is 91.6. The lowest BCUT2D eigenvalue weighted by Crippen LogP contribution is -2.14. The second kappa shape index (κ2) is 16.5. The Kier molecular flexibility index (Phi) is 10.0. The van der Waals surface area contributed by atoms with Gasteiger partial charge in [0.1, 0.15) is 0 Å². The highest BCUT2D eigenvalue weighted by atomic mass is 15.2. The van der Waals surface area contributed by atoms with Crippen LogP contribution in [-0.2, 0) is 0 Å². The molecule has 0 aromatic heterocycles. The van der Waals surface area contributed by atoms with E-state index in [1.165, 1.54) is 11.1 Å². The van der Waals surface area contributed by atoms with Gasteiger partial charge in [-0.15, -0.1) is 0 Å². The van der Waals surface area contributed by atoms with Crippen molar-refractivity contribution in [2.45, 2.75) is 0 Å². The molecule has 60 heavy (non-hydrogen) atoms. The highest BCUT2D eigenvalue weighted by Gasteiger charge is 2.25. The summed E-state index contributed by atoms with van der Waals surface area (Å²) in [6.07, 6.45) is 0. The Hall–Kier alpha value is -7.94. The maximum absolute atomic E-state index is 2.45. The number of nitrogens with zero attached hydrogens (tertiary/aromatic N) is 2. The van der Waals surface area contributed by atoms with E-state index in [9.17, 15) is 0 Å². The SMILES string of the molecule is c1ccc(-c2ccccc2N(c2ccccc2)c2cc3c(-c4ccccc4)c(N(c4ccccc4)c4ccccc4-c4ccccc4)ccc3cc2-c2ccccc2)cc1. The lowest BCUT2D eigenvalue weighted by atomic mass is 9.90. The van der Waals surface area contributed by atoms with Gasteiger partial charge >= 0.3 is 0 Å². The average Bonchev–Trinajstić information content (AvgIpc) is 3.33. The van der Waals surface area contributed by atoms with Gasteiger partial charge in [-0.3, -0.25) is 0 Å². The molecule has 284 valence electrons. The number of benzene rings is 10. The zero-order valence-electron chi connectivity index (χ0n) is 33.1. The van der Waals surface area contributed by atoms with Gasteiger partial charge in [0.25, 0.3) is 0 Å². The minimum absolute atomic E-state index is 1.08. The summed E-state index contributed by atoms with van der Waals surface area (Å²) >= 11 is 0. The van der Waals surface area contributed by atoms with Gasteiger partial charge in [0.15, 0.2) is 0 Å². The smallest absolute Gasteiger partial charge is 0.0546 e. The van der Waals surface area contributed by atoms with Crippen molar-refractivity contribution < 1.29 is 0 Å². The molecule has 0 amide bonds. The lowest BCUT2D eigenvalue weighted by Gasteiger charge is -2.32. The van der Waals surface area contributed by atoms with E-state index in [0.29, 0.717) is 0 Å². The summed E-state index contributed by atoms with van der Waals surface area (Å²) in [5.74, 6) is 0. The Bertz CT molecular complexity index is 3000. The van der Waals surface area contributed by atoms with E-state index in [1.807, 2.05) is 0 Å². The van der Waals surface area contributed by atoms with Crippen LogP contribution >= 0.6 is 0 Å². The third kappa shape index (κ3) is 7.01. The van der Waals surface area contributed by atoms with Gasteiger partial charge in [-0.2, -0.15) is 0 Å². The molecule has 0 atom stereocenters. The van der Waals surface area contributed by atoms with Crippen LogP contribution in [0.5, 0.6) is 0 Å². The van der Waals surface area contributed by atoms with E-state index in [1.54, 1.807) is 0 Å². The highest BCUT2D eigenvalue weighted by molar-refractivity contribution is 6.10. The quantitative estimate of drug-likeness (QED) is 0.137. The Balaban J connectivity index is 1.32. The maximum Gasteiger partial charge on any atom is 0.0546 e. The van der Waals surface area contributed by atoms with Crippen LogP contribution in [0, 0.1) is 0 Å². The van der Waals surface area contributed by atoms with Gasteiger partial charge in [0.2, 0.25) is 0 Å². The lowest BCUT2D eigenvalue weighted by molar-refractivity contribution is 1.28. The maximum atomic E-state index is 2.45. The summed E-state index contributed by atoms with van der Waals surface area (Å²) in [7, 11) is 0. The molecule has 0 N–H and O–H groups in total. The van der Waals surface area contributed by atoms with Gasteiger partial charge in [-0.1, -0.05) is 200 Å². The van der Waals surface area contributed by atoms with Gasteiger partial charge < -0.3 is 9.80 Å². The third-order valence-electron chi connectivity index (χ3n) is 11.2. The molecule has 2 nitrogen and oxygen atoms in total. The van der Waals surface area contributed by atoms with Crippen molar-refractivity contribution in [2.75, 3.05) is 9.80 Å². The normalized spacial score (nSPS) is 11.0. The fraction of sp³-hybridized carbons (Fsp3) is 0. The van der Waals surface area contributed by atoms with Crippen molar-refractivity contribution in [3.63, 3.8) is 0 Å². The van der Waals surface area contributed by atoms with E-state index in [2.05, 4.69) is 265 Å². The molecule has 10 aromatic rings. The van der Waals surface area contributed by atoms with Crippen molar-refractivity contribution in [2.24, 2.45) is 0 Å². The van der Waals surface area contributed by atoms with Crippen LogP contribution < -0.4 is 9.80 Å². The first kappa shape index (κ1) is 36.4. The molecule has 0 saturated heterocycles. The molecular formula is C58H42N2. The van der Waals surface area contributed by atoms with E-state index in [0.717, 1.165) is 78.3 Å². The zero-order chi connectivity index (χ0) is 40.1. The average molecular weight is 767 g/mol. The summed E-state index contributed by atoms with van der Waals surface area (Å²) in [5.41, 5.74) is 15.8. The van der Waals surface area contributed by atoms with Crippen LogP contribution in [0.1, 0.15) is 0 Å². The standard InChI is InChI=1S/C58H42N2/c1-7-23-43(24-8-1)50-35-19-21-37-54(50)59(48-31-15-5-16-32-48)56-40-39-47-41-52(45-27-11-3-12-28-45)57(42-53(47)58(56)46-29-13-4-14-30-46)60(49-33-17-6-18-34-49)55-38-22-20-36-51(55)44-25-9-2-10-26-44/h1-42H. The number of rotatable bonds is 10.